The number of hydrogen-bond acceptors (Lipinski definition) is 4. The van der Waals surface area contributed by atoms with Gasteiger partial charge < -0.3 is 14.8 Å². The molecule has 0 amide bonds. The summed E-state index contributed by atoms with van der Waals surface area (Å²) >= 11 is 4.10. The minimum atomic E-state index is 0.147. The molecule has 3 nitrogen and oxygen atoms in total. The second-order valence-corrected chi connectivity index (χ2v) is 7.09. The molecule has 0 aliphatic heterocycles. The van der Waals surface area contributed by atoms with E-state index in [0.29, 0.717) is 13.2 Å². The highest BCUT2D eigenvalue weighted by Crippen LogP contribution is 2.32. The lowest BCUT2D eigenvalue weighted by molar-refractivity contribution is 0.145. The molecule has 20 heavy (non-hydrogen) atoms. The summed E-state index contributed by atoms with van der Waals surface area (Å²) in [5.41, 5.74) is 2.42. The Morgan fingerprint density at radius 2 is 2.10 bits per heavy atom. The van der Waals surface area contributed by atoms with Crippen molar-refractivity contribution >= 4 is 33.9 Å². The Bertz CT molecular complexity index is 544. The maximum atomic E-state index is 5.83. The molecule has 1 atom stereocenters. The Hall–Kier alpha value is -0.630. The molecule has 0 saturated carbocycles. The van der Waals surface area contributed by atoms with Crippen molar-refractivity contribution < 1.29 is 9.47 Å². The maximum Gasteiger partial charge on any atom is 0.124 e. The Kier molecular flexibility index (Phi) is 6.28. The third-order valence-electron chi connectivity index (χ3n) is 2.98. The highest BCUT2D eigenvalue weighted by molar-refractivity contribution is 14.1. The van der Waals surface area contributed by atoms with Crippen LogP contribution in [0.5, 0.6) is 5.75 Å². The molecule has 0 saturated heterocycles. The van der Waals surface area contributed by atoms with Gasteiger partial charge in [0.25, 0.3) is 0 Å². The molecular weight excluding hydrogens is 385 g/mol. The average molecular weight is 403 g/mol. The molecule has 0 spiro atoms. The van der Waals surface area contributed by atoms with Crippen LogP contribution in [0.1, 0.15) is 17.2 Å². The fourth-order valence-electron chi connectivity index (χ4n) is 2.06. The Morgan fingerprint density at radius 1 is 1.30 bits per heavy atom. The summed E-state index contributed by atoms with van der Waals surface area (Å²) in [6.45, 7) is 1.15. The van der Waals surface area contributed by atoms with Crippen LogP contribution in [0.25, 0.3) is 0 Å². The molecule has 0 radical (unpaired) electrons. The third-order valence-corrected chi connectivity index (χ3v) is 4.79. The van der Waals surface area contributed by atoms with Crippen molar-refractivity contribution in [3.05, 3.63) is 49.7 Å². The quantitative estimate of drug-likeness (QED) is 0.565. The lowest BCUT2D eigenvalue weighted by Crippen LogP contribution is -2.18. The predicted molar refractivity (Wildman–Crippen MR) is 91.8 cm³/mol. The number of hydrogen-bond donors (Lipinski definition) is 1. The summed E-state index contributed by atoms with van der Waals surface area (Å²) in [4.78, 5) is 0. The standard InChI is InChI=1S/C15H18INO2S/c1-17-15(11-9-14(16)20-10-11)12-5-3-4-6-13(12)19-8-7-18-2/h3-6,9-10,15,17H,7-8H2,1-2H3. The normalized spacial score (nSPS) is 12.3. The van der Waals surface area contributed by atoms with E-state index in [0.717, 1.165) is 11.3 Å². The van der Waals surface area contributed by atoms with Crippen LogP contribution in [0.2, 0.25) is 0 Å². The summed E-state index contributed by atoms with van der Waals surface area (Å²) < 4.78 is 12.2. The zero-order chi connectivity index (χ0) is 14.4. The van der Waals surface area contributed by atoms with Crippen molar-refractivity contribution in [3.63, 3.8) is 0 Å². The first kappa shape index (κ1) is 15.8. The molecule has 1 N–H and O–H groups in total. The van der Waals surface area contributed by atoms with Crippen LogP contribution in [0, 0.1) is 2.88 Å². The summed E-state index contributed by atoms with van der Waals surface area (Å²) in [6, 6.07) is 10.5. The van der Waals surface area contributed by atoms with Crippen LogP contribution < -0.4 is 10.1 Å². The van der Waals surface area contributed by atoms with Crippen LogP contribution in [-0.4, -0.2) is 27.4 Å². The lowest BCUT2D eigenvalue weighted by atomic mass is 10.0. The van der Waals surface area contributed by atoms with Gasteiger partial charge in [-0.25, -0.2) is 0 Å². The van der Waals surface area contributed by atoms with Crippen molar-refractivity contribution in [1.29, 1.82) is 0 Å². The van der Waals surface area contributed by atoms with Crippen LogP contribution in [0.15, 0.2) is 35.7 Å². The second-order valence-electron chi connectivity index (χ2n) is 4.28. The number of thiophene rings is 1. The molecule has 5 heteroatoms. The van der Waals surface area contributed by atoms with Gasteiger partial charge in [-0.05, 0) is 52.7 Å². The van der Waals surface area contributed by atoms with Crippen molar-refractivity contribution in [1.82, 2.24) is 5.32 Å². The molecule has 0 fully saturated rings. The monoisotopic (exact) mass is 403 g/mol. The Morgan fingerprint density at radius 3 is 2.75 bits per heavy atom. The third kappa shape index (κ3) is 3.94. The fourth-order valence-corrected chi connectivity index (χ4v) is 3.46. The number of para-hydroxylation sites is 1. The Balaban J connectivity index is 2.25. The van der Waals surface area contributed by atoms with Gasteiger partial charge in [0, 0.05) is 12.7 Å². The largest absolute Gasteiger partial charge is 0.491 e. The zero-order valence-electron chi connectivity index (χ0n) is 11.6. The van der Waals surface area contributed by atoms with Crippen LogP contribution in [0.3, 0.4) is 0 Å². The molecule has 1 heterocycles. The van der Waals surface area contributed by atoms with Gasteiger partial charge in [0.2, 0.25) is 0 Å². The van der Waals surface area contributed by atoms with Gasteiger partial charge in [0.05, 0.1) is 15.5 Å². The first-order valence-corrected chi connectivity index (χ1v) is 8.34. The van der Waals surface area contributed by atoms with E-state index >= 15 is 0 Å². The number of benzene rings is 1. The van der Waals surface area contributed by atoms with Crippen LogP contribution >= 0.6 is 33.9 Å². The summed E-state index contributed by atoms with van der Waals surface area (Å²) in [7, 11) is 3.65. The van der Waals surface area contributed by atoms with E-state index in [1.165, 1.54) is 8.45 Å². The first-order valence-electron chi connectivity index (χ1n) is 6.38. The molecule has 1 aromatic heterocycles. The number of halogens is 1. The van der Waals surface area contributed by atoms with Gasteiger partial charge in [-0.3, -0.25) is 0 Å². The van der Waals surface area contributed by atoms with E-state index < -0.39 is 0 Å². The Labute approximate surface area is 137 Å². The second kappa shape index (κ2) is 7.97. The number of ether oxygens (including phenoxy) is 2. The van der Waals surface area contributed by atoms with E-state index in [-0.39, 0.29) is 6.04 Å². The molecule has 0 aliphatic rings. The first-order chi connectivity index (χ1) is 9.76. The van der Waals surface area contributed by atoms with E-state index in [1.54, 1.807) is 18.4 Å². The number of methoxy groups -OCH3 is 1. The lowest BCUT2D eigenvalue weighted by Gasteiger charge is -2.19. The van der Waals surface area contributed by atoms with Gasteiger partial charge in [-0.15, -0.1) is 11.3 Å². The van der Waals surface area contributed by atoms with E-state index in [1.807, 2.05) is 25.2 Å². The highest BCUT2D eigenvalue weighted by atomic mass is 127. The maximum absolute atomic E-state index is 5.83. The van der Waals surface area contributed by atoms with Gasteiger partial charge in [-0.2, -0.15) is 0 Å². The van der Waals surface area contributed by atoms with Gasteiger partial charge in [-0.1, -0.05) is 18.2 Å². The summed E-state index contributed by atoms with van der Waals surface area (Å²) in [6.07, 6.45) is 0. The van der Waals surface area contributed by atoms with E-state index in [4.69, 9.17) is 9.47 Å². The molecule has 0 aliphatic carbocycles. The van der Waals surface area contributed by atoms with Crippen molar-refractivity contribution in [2.75, 3.05) is 27.4 Å². The van der Waals surface area contributed by atoms with Gasteiger partial charge in [0.1, 0.15) is 12.4 Å². The van der Waals surface area contributed by atoms with Gasteiger partial charge >= 0.3 is 0 Å². The van der Waals surface area contributed by atoms with Crippen molar-refractivity contribution in [3.8, 4) is 5.75 Å². The molecule has 2 aromatic rings. The van der Waals surface area contributed by atoms with E-state index in [9.17, 15) is 0 Å². The summed E-state index contributed by atoms with van der Waals surface area (Å²) in [5, 5.41) is 5.56. The smallest absolute Gasteiger partial charge is 0.124 e. The molecular formula is C15H18INO2S. The van der Waals surface area contributed by atoms with Crippen molar-refractivity contribution in [2.45, 2.75) is 6.04 Å². The predicted octanol–water partition coefficient (Wildman–Crippen LogP) is 3.69. The minimum absolute atomic E-state index is 0.147. The van der Waals surface area contributed by atoms with Crippen LogP contribution in [-0.2, 0) is 4.74 Å². The SMILES string of the molecule is CNC(c1csc(I)c1)c1ccccc1OCCOC. The fraction of sp³-hybridized carbons (Fsp3) is 0.333. The van der Waals surface area contributed by atoms with E-state index in [2.05, 4.69) is 45.4 Å². The minimum Gasteiger partial charge on any atom is -0.491 e. The van der Waals surface area contributed by atoms with Crippen molar-refractivity contribution in [2.24, 2.45) is 0 Å². The molecule has 2 rings (SSSR count). The molecule has 108 valence electrons. The zero-order valence-corrected chi connectivity index (χ0v) is 14.5. The molecule has 0 bridgehead atoms. The topological polar surface area (TPSA) is 30.5 Å². The van der Waals surface area contributed by atoms with Gasteiger partial charge in [0.15, 0.2) is 0 Å². The average Bonchev–Trinajstić information content (AvgIpc) is 2.88. The highest BCUT2D eigenvalue weighted by Gasteiger charge is 2.17. The number of rotatable bonds is 7. The number of nitrogens with one attached hydrogen (secondary N) is 1. The summed E-state index contributed by atoms with van der Waals surface area (Å²) in [5.74, 6) is 0.908. The van der Waals surface area contributed by atoms with Crippen LogP contribution in [0.4, 0.5) is 0 Å². The molecule has 1 unspecified atom stereocenters. The molecule has 1 aromatic carbocycles.